The summed E-state index contributed by atoms with van der Waals surface area (Å²) in [5.74, 6) is -2.20. The van der Waals surface area contributed by atoms with Gasteiger partial charge < -0.3 is 37.5 Å². The molecular formula is C28H44N6O5S. The third kappa shape index (κ3) is 9.83. The van der Waals surface area contributed by atoms with Gasteiger partial charge in [0.2, 0.25) is 17.7 Å². The molecule has 0 aliphatic carbocycles. The summed E-state index contributed by atoms with van der Waals surface area (Å²) in [6.07, 6.45) is 6.20. The lowest BCUT2D eigenvalue weighted by Gasteiger charge is -2.26. The number of H-pyrrole nitrogens is 1. The zero-order valence-electron chi connectivity index (χ0n) is 23.6. The number of aromatic amines is 1. The van der Waals surface area contributed by atoms with Crippen LogP contribution in [0.25, 0.3) is 10.9 Å². The van der Waals surface area contributed by atoms with Gasteiger partial charge in [0.15, 0.2) is 0 Å². The highest BCUT2D eigenvalue weighted by Crippen LogP contribution is 2.19. The van der Waals surface area contributed by atoms with Crippen LogP contribution in [0.3, 0.4) is 0 Å². The van der Waals surface area contributed by atoms with Gasteiger partial charge >= 0.3 is 5.97 Å². The number of carboxylic acid groups (broad SMARTS) is 1. The summed E-state index contributed by atoms with van der Waals surface area (Å²) >= 11 is 1.53. The smallest absolute Gasteiger partial charge is 0.326 e. The minimum atomic E-state index is -1.21. The molecule has 11 nitrogen and oxygen atoms in total. The number of aromatic nitrogens is 1. The highest BCUT2D eigenvalue weighted by atomic mass is 32.2. The van der Waals surface area contributed by atoms with Crippen molar-refractivity contribution in [1.29, 1.82) is 0 Å². The molecule has 0 saturated carbocycles. The van der Waals surface area contributed by atoms with Crippen LogP contribution in [0.4, 0.5) is 0 Å². The quantitative estimate of drug-likeness (QED) is 0.130. The summed E-state index contributed by atoms with van der Waals surface area (Å²) in [5.41, 5.74) is 13.3. The lowest BCUT2D eigenvalue weighted by Crippen LogP contribution is -2.57. The zero-order chi connectivity index (χ0) is 29.7. The lowest BCUT2D eigenvalue weighted by atomic mass is 9.99. The first-order valence-electron chi connectivity index (χ1n) is 13.8. The molecule has 1 heterocycles. The molecule has 0 bridgehead atoms. The van der Waals surface area contributed by atoms with Gasteiger partial charge in [-0.25, -0.2) is 4.79 Å². The lowest BCUT2D eigenvalue weighted by molar-refractivity contribution is -0.142. The number of carbonyl (C=O) groups is 4. The topological polar surface area (TPSA) is 192 Å². The average molecular weight is 577 g/mol. The third-order valence-electron chi connectivity index (χ3n) is 7.10. The standard InChI is InChI=1S/C28H44N6O5S/c1-4-17(2)24(30)27(37)33-22(12-14-40-3)26(36)32-21(11-7-8-13-29)25(35)34-23(28(38)39)15-18-16-31-20-10-6-5-9-19(18)20/h5-6,9-10,16-17,21-24,31H,4,7-8,11-15,29-30H2,1-3H3,(H,32,36)(H,33,37)(H,34,35)(H,38,39). The summed E-state index contributed by atoms with van der Waals surface area (Å²) in [4.78, 5) is 54.6. The minimum absolute atomic E-state index is 0.0639. The van der Waals surface area contributed by atoms with Crippen LogP contribution in [0.15, 0.2) is 30.5 Å². The van der Waals surface area contributed by atoms with Gasteiger partial charge in [-0.05, 0) is 61.8 Å². The molecule has 0 fully saturated rings. The van der Waals surface area contributed by atoms with Crippen molar-refractivity contribution >= 4 is 46.4 Å². The van der Waals surface area contributed by atoms with Crippen molar-refractivity contribution in [3.8, 4) is 0 Å². The van der Waals surface area contributed by atoms with Gasteiger partial charge in [-0.3, -0.25) is 14.4 Å². The van der Waals surface area contributed by atoms with Crippen LogP contribution in [0, 0.1) is 5.92 Å². The molecule has 1 aromatic heterocycles. The molecule has 40 heavy (non-hydrogen) atoms. The Bertz CT molecular complexity index is 1130. The first kappa shape index (κ1) is 33.1. The van der Waals surface area contributed by atoms with Crippen LogP contribution in [0.2, 0.25) is 0 Å². The van der Waals surface area contributed by atoms with Crippen molar-refractivity contribution < 1.29 is 24.3 Å². The molecule has 0 aliphatic rings. The summed E-state index contributed by atoms with van der Waals surface area (Å²) in [6.45, 7) is 4.22. The van der Waals surface area contributed by atoms with E-state index in [-0.39, 0.29) is 18.8 Å². The first-order chi connectivity index (χ1) is 19.1. The number of amides is 3. The van der Waals surface area contributed by atoms with Crippen LogP contribution in [-0.2, 0) is 25.6 Å². The fraction of sp³-hybridized carbons (Fsp3) is 0.571. The molecule has 1 aromatic carbocycles. The van der Waals surface area contributed by atoms with Crippen molar-refractivity contribution in [2.45, 2.75) is 76.5 Å². The first-order valence-corrected chi connectivity index (χ1v) is 15.2. The molecule has 0 aliphatic heterocycles. The van der Waals surface area contributed by atoms with E-state index in [1.54, 1.807) is 6.20 Å². The van der Waals surface area contributed by atoms with Crippen LogP contribution >= 0.6 is 11.8 Å². The van der Waals surface area contributed by atoms with Crippen molar-refractivity contribution in [1.82, 2.24) is 20.9 Å². The summed E-state index contributed by atoms with van der Waals surface area (Å²) < 4.78 is 0. The number of rotatable bonds is 18. The number of carbonyl (C=O) groups excluding carboxylic acids is 3. The molecule has 12 heteroatoms. The predicted molar refractivity (Wildman–Crippen MR) is 159 cm³/mol. The Kier molecular flexibility index (Phi) is 14.0. The SMILES string of the molecule is CCC(C)C(N)C(=O)NC(CCSC)C(=O)NC(CCCCN)C(=O)NC(Cc1c[nH]c2ccccc12)C(=O)O. The number of unbranched alkanes of at least 4 members (excludes halogenated alkanes) is 1. The zero-order valence-corrected chi connectivity index (χ0v) is 24.4. The van der Waals surface area contributed by atoms with E-state index in [1.165, 1.54) is 11.8 Å². The fourth-order valence-corrected chi connectivity index (χ4v) is 4.78. The Balaban J connectivity index is 2.18. The molecule has 3 amide bonds. The number of hydrogen-bond acceptors (Lipinski definition) is 7. The second-order valence-corrected chi connectivity index (χ2v) is 11.0. The van der Waals surface area contributed by atoms with Gasteiger partial charge in [-0.2, -0.15) is 11.8 Å². The number of fused-ring (bicyclic) bond motifs is 1. The highest BCUT2D eigenvalue weighted by Gasteiger charge is 2.31. The van der Waals surface area contributed by atoms with Gasteiger partial charge in [-0.1, -0.05) is 38.5 Å². The number of nitrogens with one attached hydrogen (secondary N) is 4. The third-order valence-corrected chi connectivity index (χ3v) is 7.74. The molecule has 0 saturated heterocycles. The van der Waals surface area contributed by atoms with E-state index in [9.17, 15) is 24.3 Å². The van der Waals surface area contributed by atoms with E-state index in [4.69, 9.17) is 11.5 Å². The van der Waals surface area contributed by atoms with E-state index < -0.39 is 47.9 Å². The fourth-order valence-electron chi connectivity index (χ4n) is 4.31. The molecule has 222 valence electrons. The minimum Gasteiger partial charge on any atom is -0.480 e. The maximum atomic E-state index is 13.3. The molecular weight excluding hydrogens is 532 g/mol. The molecule has 0 radical (unpaired) electrons. The maximum absolute atomic E-state index is 13.3. The number of thioether (sulfide) groups is 1. The monoisotopic (exact) mass is 576 g/mol. The van der Waals surface area contributed by atoms with E-state index in [0.29, 0.717) is 38.0 Å². The number of para-hydroxylation sites is 1. The normalized spacial score (nSPS) is 15.0. The van der Waals surface area contributed by atoms with E-state index in [2.05, 4.69) is 20.9 Å². The number of hydrogen-bond donors (Lipinski definition) is 7. The Hall–Kier alpha value is -3.09. The predicted octanol–water partition coefficient (Wildman–Crippen LogP) is 1.50. The van der Waals surface area contributed by atoms with E-state index in [1.807, 2.05) is 44.4 Å². The molecule has 5 unspecified atom stereocenters. The van der Waals surface area contributed by atoms with E-state index in [0.717, 1.165) is 16.5 Å². The summed E-state index contributed by atoms with van der Waals surface area (Å²) in [7, 11) is 0. The van der Waals surface area contributed by atoms with E-state index >= 15 is 0 Å². The Labute approximate surface area is 240 Å². The average Bonchev–Trinajstić information content (AvgIpc) is 3.35. The Morgan fingerprint density at radius 2 is 1.60 bits per heavy atom. The Morgan fingerprint density at radius 3 is 2.23 bits per heavy atom. The Morgan fingerprint density at radius 1 is 0.975 bits per heavy atom. The largest absolute Gasteiger partial charge is 0.480 e. The van der Waals surface area contributed by atoms with Gasteiger partial charge in [-0.15, -0.1) is 0 Å². The van der Waals surface area contributed by atoms with Crippen LogP contribution < -0.4 is 27.4 Å². The second kappa shape index (κ2) is 16.9. The van der Waals surface area contributed by atoms with Gasteiger partial charge in [0, 0.05) is 23.5 Å². The van der Waals surface area contributed by atoms with Gasteiger partial charge in [0.1, 0.15) is 18.1 Å². The second-order valence-electron chi connectivity index (χ2n) is 10.1. The van der Waals surface area contributed by atoms with Crippen molar-refractivity contribution in [3.05, 3.63) is 36.0 Å². The van der Waals surface area contributed by atoms with Crippen molar-refractivity contribution in [2.75, 3.05) is 18.6 Å². The van der Waals surface area contributed by atoms with Crippen LogP contribution in [0.5, 0.6) is 0 Å². The number of carboxylic acids is 1. The van der Waals surface area contributed by atoms with Crippen molar-refractivity contribution in [3.63, 3.8) is 0 Å². The maximum Gasteiger partial charge on any atom is 0.326 e. The van der Waals surface area contributed by atoms with Gasteiger partial charge in [0.05, 0.1) is 6.04 Å². The number of aliphatic carboxylic acids is 1. The highest BCUT2D eigenvalue weighted by molar-refractivity contribution is 7.98. The molecule has 2 rings (SSSR count). The number of benzene rings is 1. The van der Waals surface area contributed by atoms with Crippen LogP contribution in [0.1, 0.15) is 51.5 Å². The van der Waals surface area contributed by atoms with Crippen molar-refractivity contribution in [2.24, 2.45) is 17.4 Å². The van der Waals surface area contributed by atoms with Crippen LogP contribution in [-0.4, -0.2) is 76.5 Å². The molecule has 5 atom stereocenters. The number of nitrogens with two attached hydrogens (primary N) is 2. The molecule has 9 N–H and O–H groups in total. The molecule has 0 spiro atoms. The molecule has 2 aromatic rings. The van der Waals surface area contributed by atoms with Gasteiger partial charge in [0.25, 0.3) is 0 Å². The summed E-state index contributed by atoms with van der Waals surface area (Å²) in [5, 5.41) is 18.9. The summed E-state index contributed by atoms with van der Waals surface area (Å²) in [6, 6.07) is 3.65.